The van der Waals surface area contributed by atoms with Crippen LogP contribution in [0.25, 0.3) is 0 Å². The number of carbonyl (C=O) groups excluding carboxylic acids is 2. The molecule has 0 fully saturated rings. The first-order valence-electron chi connectivity index (χ1n) is 14.6. The summed E-state index contributed by atoms with van der Waals surface area (Å²) in [6, 6.07) is 28.3. The molecule has 10 heteroatoms. The fourth-order valence-corrected chi connectivity index (χ4v) is 6.88. The number of rotatable bonds is 13. The van der Waals surface area contributed by atoms with Crippen LogP contribution in [-0.4, -0.2) is 44.3 Å². The molecule has 0 radical (unpaired) electrons. The predicted octanol–water partition coefficient (Wildman–Crippen LogP) is 6.91. The topological polar surface area (TPSA) is 86.8 Å². The smallest absolute Gasteiger partial charge is 0.264 e. The molecule has 0 aliphatic heterocycles. The predicted molar refractivity (Wildman–Crippen MR) is 181 cm³/mol. The highest BCUT2D eigenvalue weighted by Gasteiger charge is 2.35. The third kappa shape index (κ3) is 9.10. The van der Waals surface area contributed by atoms with Gasteiger partial charge in [-0.3, -0.25) is 13.9 Å². The Kier molecular flexibility index (Phi) is 11.7. The lowest BCUT2D eigenvalue weighted by molar-refractivity contribution is -0.140. The first kappa shape index (κ1) is 34.0. The van der Waals surface area contributed by atoms with Gasteiger partial charge in [0, 0.05) is 29.6 Å². The zero-order valence-corrected chi connectivity index (χ0v) is 27.8. The van der Waals surface area contributed by atoms with E-state index < -0.39 is 28.5 Å². The van der Waals surface area contributed by atoms with Crippen LogP contribution >= 0.6 is 23.2 Å². The maximum Gasteiger partial charge on any atom is 0.264 e. The monoisotopic (exact) mass is 665 g/mol. The summed E-state index contributed by atoms with van der Waals surface area (Å²) in [5.41, 5.74) is 2.44. The van der Waals surface area contributed by atoms with Crippen LogP contribution in [0.1, 0.15) is 30.5 Å². The molecule has 0 bridgehead atoms. The summed E-state index contributed by atoms with van der Waals surface area (Å²) in [4.78, 5) is 29.9. The van der Waals surface area contributed by atoms with Crippen molar-refractivity contribution >= 4 is 50.7 Å². The van der Waals surface area contributed by atoms with Crippen LogP contribution in [0.3, 0.4) is 0 Å². The van der Waals surface area contributed by atoms with Crippen LogP contribution in [0.2, 0.25) is 10.0 Å². The summed E-state index contributed by atoms with van der Waals surface area (Å²) in [6.45, 7) is 5.61. The van der Waals surface area contributed by atoms with Gasteiger partial charge in [-0.05, 0) is 72.0 Å². The molecule has 1 N–H and O–H groups in total. The number of hydrogen-bond donors (Lipinski definition) is 1. The molecule has 0 heterocycles. The molecular weight excluding hydrogens is 629 g/mol. The molecule has 0 spiro atoms. The van der Waals surface area contributed by atoms with E-state index in [9.17, 15) is 18.0 Å². The first-order chi connectivity index (χ1) is 21.5. The quantitative estimate of drug-likeness (QED) is 0.168. The molecular formula is C35H37Cl2N3O4S. The van der Waals surface area contributed by atoms with Crippen molar-refractivity contribution in [2.75, 3.05) is 17.4 Å². The van der Waals surface area contributed by atoms with Crippen LogP contribution < -0.4 is 9.62 Å². The second kappa shape index (κ2) is 15.4. The zero-order chi connectivity index (χ0) is 32.6. The van der Waals surface area contributed by atoms with Crippen molar-refractivity contribution in [1.29, 1.82) is 0 Å². The first-order valence-corrected chi connectivity index (χ1v) is 16.8. The van der Waals surface area contributed by atoms with Gasteiger partial charge >= 0.3 is 0 Å². The maximum absolute atomic E-state index is 14.5. The Morgan fingerprint density at radius 2 is 1.42 bits per heavy atom. The second-order valence-corrected chi connectivity index (χ2v) is 14.0. The Bertz CT molecular complexity index is 1720. The second-order valence-electron chi connectivity index (χ2n) is 11.3. The fourth-order valence-electron chi connectivity index (χ4n) is 4.94. The van der Waals surface area contributed by atoms with Crippen LogP contribution in [0, 0.1) is 12.8 Å². The molecule has 45 heavy (non-hydrogen) atoms. The van der Waals surface area contributed by atoms with Gasteiger partial charge in [0.1, 0.15) is 12.6 Å². The van der Waals surface area contributed by atoms with E-state index in [0.717, 1.165) is 9.87 Å². The summed E-state index contributed by atoms with van der Waals surface area (Å²) in [6.07, 6.45) is 0.225. The summed E-state index contributed by atoms with van der Waals surface area (Å²) < 4.78 is 29.3. The number of amides is 2. The van der Waals surface area contributed by atoms with E-state index in [2.05, 4.69) is 5.32 Å². The van der Waals surface area contributed by atoms with Gasteiger partial charge < -0.3 is 10.2 Å². The van der Waals surface area contributed by atoms with Gasteiger partial charge in [0.2, 0.25) is 11.8 Å². The number of halogens is 2. The van der Waals surface area contributed by atoms with Gasteiger partial charge in [0.15, 0.2) is 0 Å². The van der Waals surface area contributed by atoms with E-state index in [1.807, 2.05) is 50.2 Å². The molecule has 2 amide bonds. The number of sulfonamides is 1. The minimum absolute atomic E-state index is 0.0315. The molecule has 4 rings (SSSR count). The highest BCUT2D eigenvalue weighted by molar-refractivity contribution is 7.92. The van der Waals surface area contributed by atoms with E-state index in [1.165, 1.54) is 17.0 Å². The van der Waals surface area contributed by atoms with Crippen molar-refractivity contribution in [2.45, 2.75) is 44.7 Å². The molecule has 4 aromatic carbocycles. The van der Waals surface area contributed by atoms with Gasteiger partial charge in [0.25, 0.3) is 10.0 Å². The van der Waals surface area contributed by atoms with Crippen molar-refractivity contribution < 1.29 is 18.0 Å². The third-order valence-corrected chi connectivity index (χ3v) is 9.48. The lowest BCUT2D eigenvalue weighted by Gasteiger charge is -2.34. The third-order valence-electron chi connectivity index (χ3n) is 7.24. The largest absolute Gasteiger partial charge is 0.354 e. The van der Waals surface area contributed by atoms with Gasteiger partial charge in [-0.15, -0.1) is 0 Å². The molecule has 236 valence electrons. The Balaban J connectivity index is 1.82. The van der Waals surface area contributed by atoms with Crippen LogP contribution in [0.5, 0.6) is 0 Å². The Hall–Kier alpha value is -3.85. The lowest BCUT2D eigenvalue weighted by atomic mass is 10.0. The van der Waals surface area contributed by atoms with Crippen molar-refractivity contribution in [2.24, 2.45) is 5.92 Å². The zero-order valence-electron chi connectivity index (χ0n) is 25.5. The van der Waals surface area contributed by atoms with Crippen molar-refractivity contribution in [3.63, 3.8) is 0 Å². The molecule has 7 nitrogen and oxygen atoms in total. The molecule has 0 aliphatic carbocycles. The summed E-state index contributed by atoms with van der Waals surface area (Å²) >= 11 is 12.5. The molecule has 1 atom stereocenters. The molecule has 0 aromatic heterocycles. The number of hydrogen-bond acceptors (Lipinski definition) is 4. The van der Waals surface area contributed by atoms with Gasteiger partial charge in [-0.25, -0.2) is 8.42 Å². The number of nitrogens with zero attached hydrogens (tertiary/aromatic N) is 2. The normalized spacial score (nSPS) is 12.0. The Labute approximate surface area is 275 Å². The molecule has 4 aromatic rings. The average Bonchev–Trinajstić information content (AvgIpc) is 3.01. The van der Waals surface area contributed by atoms with Crippen LogP contribution in [0.15, 0.2) is 108 Å². The number of aryl methyl sites for hydroxylation is 1. The standard InChI is InChI=1S/C35H37Cl2N3O4S/c1-25(2)22-38-35(42)33(21-27-11-6-4-7-12-27)39(23-28-13-10-14-29(36)20-28)34(41)24-40(32-18-17-30(37)19-26(32)3)45(43,44)31-15-8-5-9-16-31/h4-20,25,33H,21-24H2,1-3H3,(H,38,42)/t33-/m0/s1. The number of anilines is 1. The van der Waals surface area contributed by atoms with E-state index in [4.69, 9.17) is 23.2 Å². The molecule has 0 aliphatic rings. The summed E-state index contributed by atoms with van der Waals surface area (Å²) in [7, 11) is -4.20. The average molecular weight is 667 g/mol. The van der Waals surface area contributed by atoms with Gasteiger partial charge in [0.05, 0.1) is 10.6 Å². The Morgan fingerprint density at radius 3 is 2.04 bits per heavy atom. The maximum atomic E-state index is 14.5. The number of carbonyl (C=O) groups is 2. The minimum Gasteiger partial charge on any atom is -0.354 e. The van der Waals surface area contributed by atoms with Gasteiger partial charge in [-0.2, -0.15) is 0 Å². The highest BCUT2D eigenvalue weighted by atomic mass is 35.5. The van der Waals surface area contributed by atoms with Gasteiger partial charge in [-0.1, -0.05) is 97.7 Å². The molecule has 0 saturated heterocycles. The Morgan fingerprint density at radius 1 is 0.800 bits per heavy atom. The van der Waals surface area contributed by atoms with Crippen molar-refractivity contribution in [3.05, 3.63) is 130 Å². The minimum atomic E-state index is -4.20. The van der Waals surface area contributed by atoms with Crippen LogP contribution in [-0.2, 0) is 32.6 Å². The number of benzene rings is 4. The summed E-state index contributed by atoms with van der Waals surface area (Å²) in [5, 5.41) is 3.90. The fraction of sp³-hybridized carbons (Fsp3) is 0.257. The van der Waals surface area contributed by atoms with Crippen molar-refractivity contribution in [3.8, 4) is 0 Å². The van der Waals surface area contributed by atoms with E-state index >= 15 is 0 Å². The van der Waals surface area contributed by atoms with E-state index in [0.29, 0.717) is 33.4 Å². The van der Waals surface area contributed by atoms with E-state index in [1.54, 1.807) is 61.5 Å². The molecule has 0 saturated carbocycles. The lowest BCUT2D eigenvalue weighted by Crippen LogP contribution is -2.53. The summed E-state index contributed by atoms with van der Waals surface area (Å²) in [5.74, 6) is -0.699. The molecule has 0 unspecified atom stereocenters. The SMILES string of the molecule is Cc1cc(Cl)ccc1N(CC(=O)N(Cc1cccc(Cl)c1)[C@@H](Cc1ccccc1)C(=O)NCC(C)C)S(=O)(=O)c1ccccc1. The van der Waals surface area contributed by atoms with Crippen molar-refractivity contribution in [1.82, 2.24) is 10.2 Å². The van der Waals surface area contributed by atoms with Crippen LogP contribution in [0.4, 0.5) is 5.69 Å². The highest BCUT2D eigenvalue weighted by Crippen LogP contribution is 2.29. The number of nitrogens with one attached hydrogen (secondary N) is 1. The van der Waals surface area contributed by atoms with E-state index in [-0.39, 0.29) is 29.7 Å².